The molecule has 1 saturated carbocycles. The Balaban J connectivity index is 0.845. The molecular formula is C58H48Br2ClF3N14O5. The number of nitrogens with zero attached hydrogens (tertiary/aromatic N) is 11. The second kappa shape index (κ2) is 20.8. The summed E-state index contributed by atoms with van der Waals surface area (Å²) in [6, 6.07) is 25.2. The Morgan fingerprint density at radius 3 is 2.05 bits per heavy atom. The van der Waals surface area contributed by atoms with Crippen LogP contribution in [0.4, 0.5) is 19.0 Å². The number of aromatic nitrogens is 10. The summed E-state index contributed by atoms with van der Waals surface area (Å²) >= 11 is 12.8. The molecule has 422 valence electrons. The third kappa shape index (κ3) is 9.49. The van der Waals surface area contributed by atoms with E-state index in [9.17, 15) is 27.6 Å². The van der Waals surface area contributed by atoms with E-state index >= 15 is 9.59 Å². The van der Waals surface area contributed by atoms with Crippen LogP contribution in [-0.4, -0.2) is 103 Å². The van der Waals surface area contributed by atoms with Crippen molar-refractivity contribution in [2.24, 2.45) is 11.8 Å². The molecule has 1 aliphatic carbocycles. The lowest BCUT2D eigenvalue weighted by Crippen LogP contribution is -2.41. The number of alkyl halides is 3. The van der Waals surface area contributed by atoms with Crippen LogP contribution >= 0.6 is 43.5 Å². The summed E-state index contributed by atoms with van der Waals surface area (Å²) in [4.78, 5) is 75.1. The van der Waals surface area contributed by atoms with E-state index in [4.69, 9.17) is 26.9 Å². The maximum atomic E-state index is 15.1. The molecule has 25 heteroatoms. The average Bonchev–Trinajstić information content (AvgIpc) is 3.22. The van der Waals surface area contributed by atoms with E-state index < -0.39 is 29.1 Å². The van der Waals surface area contributed by atoms with Gasteiger partial charge in [0.15, 0.2) is 11.6 Å². The molecule has 0 spiro atoms. The number of rotatable bonds is 12. The maximum absolute atomic E-state index is 15.1. The van der Waals surface area contributed by atoms with Gasteiger partial charge >= 0.3 is 6.18 Å². The van der Waals surface area contributed by atoms with Crippen LogP contribution in [0, 0.1) is 11.8 Å². The number of hydrogen-bond acceptors (Lipinski definition) is 10. The smallest absolute Gasteiger partial charge is 0.371 e. The number of amides is 3. The SMILES string of the molecule is CNC(=O)c1cc(-n2c(=O)c3c(n4ncc(Cc5ccccc5)c24)CN(C(=O)c2ccc(Br)c(C(F)(F)F)c2)CC3)nn1CC1CC1Cc1cnn2c3c(c(=O)n(-c4ccc5c(NC)n[nH]c5c4)c12)CCN(C(=O)c1ccc(Br)c(Cl)c1)C3. The predicted octanol–water partition coefficient (Wildman–Crippen LogP) is 8.82. The highest BCUT2D eigenvalue weighted by Crippen LogP contribution is 2.44. The van der Waals surface area contributed by atoms with Gasteiger partial charge < -0.3 is 20.4 Å². The monoisotopic (exact) mass is 1270 g/mol. The molecule has 0 saturated heterocycles. The standard InChI is InChI=1S/C58H48Br2ClF3N14O5/c1-65-50-38-11-10-37(23-45(38)69-70-50)75-52-35(26-68-77(52)47-28-73(16-14-39(47)56(75)82)55(81)32-9-13-43(60)44(61)22-32)19-33-20-36(33)27-74-46(51(79)66-2)24-49(71-74)76-53-34(18-30-6-4-3-5-7-30)25-67-78(53)48-29-72(17-15-40(48)57(76)83)54(80)31-8-12-42(59)41(21-31)58(62,63)64/h3-13,21-26,33,36H,14-20,27-29H2,1-2H3,(H,66,79)(H2,65,69,70). The lowest BCUT2D eigenvalue weighted by molar-refractivity contribution is -0.138. The number of benzene rings is 4. The molecule has 4 aromatic carbocycles. The van der Waals surface area contributed by atoms with Crippen molar-refractivity contribution in [2.75, 3.05) is 32.5 Å². The van der Waals surface area contributed by atoms with E-state index in [1.165, 1.54) is 28.6 Å². The topological polar surface area (TPSA) is 207 Å². The Kier molecular flexibility index (Phi) is 13.5. The molecule has 2 atom stereocenters. The fourth-order valence-corrected chi connectivity index (χ4v) is 12.7. The zero-order valence-electron chi connectivity index (χ0n) is 44.3. The van der Waals surface area contributed by atoms with E-state index in [2.05, 4.69) is 52.7 Å². The molecular weight excluding hydrogens is 1220 g/mol. The minimum Gasteiger partial charge on any atom is -0.371 e. The van der Waals surface area contributed by atoms with Crippen LogP contribution in [0.15, 0.2) is 122 Å². The van der Waals surface area contributed by atoms with Gasteiger partial charge in [0.25, 0.3) is 28.8 Å². The Labute approximate surface area is 490 Å². The fraction of sp³-hybridized carbons (Fsp3) is 0.259. The zero-order chi connectivity index (χ0) is 57.7. The molecule has 8 heterocycles. The highest BCUT2D eigenvalue weighted by Gasteiger charge is 2.41. The molecule has 2 unspecified atom stereocenters. The van der Waals surface area contributed by atoms with Crippen LogP contribution in [0.2, 0.25) is 5.02 Å². The van der Waals surface area contributed by atoms with E-state index in [1.54, 1.807) is 66.9 Å². The van der Waals surface area contributed by atoms with Gasteiger partial charge in [0.05, 0.1) is 58.7 Å². The van der Waals surface area contributed by atoms with Gasteiger partial charge in [0.2, 0.25) is 0 Å². The number of halogens is 6. The summed E-state index contributed by atoms with van der Waals surface area (Å²) in [6.07, 6.45) is 0.659. The number of fused-ring (bicyclic) bond motifs is 7. The van der Waals surface area contributed by atoms with Crippen molar-refractivity contribution in [1.82, 2.24) is 63.5 Å². The molecule has 6 aromatic heterocycles. The molecule has 0 bridgehead atoms. The zero-order valence-corrected chi connectivity index (χ0v) is 48.2. The molecule has 13 rings (SSSR count). The quantitative estimate of drug-likeness (QED) is 0.106. The first-order chi connectivity index (χ1) is 40.0. The van der Waals surface area contributed by atoms with E-state index in [0.29, 0.717) is 98.3 Å². The van der Waals surface area contributed by atoms with E-state index in [0.717, 1.165) is 34.5 Å². The first kappa shape index (κ1) is 53.9. The van der Waals surface area contributed by atoms with Crippen molar-refractivity contribution >= 4 is 89.2 Å². The first-order valence-electron chi connectivity index (χ1n) is 26.7. The second-order valence-electron chi connectivity index (χ2n) is 21.0. The minimum atomic E-state index is -4.71. The molecule has 0 radical (unpaired) electrons. The molecule has 83 heavy (non-hydrogen) atoms. The van der Waals surface area contributed by atoms with Crippen molar-refractivity contribution in [2.45, 2.75) is 57.9 Å². The minimum absolute atomic E-state index is 0.00333. The molecule has 1 fully saturated rings. The Morgan fingerprint density at radius 2 is 1.40 bits per heavy atom. The van der Waals surface area contributed by atoms with Crippen LogP contribution in [0.3, 0.4) is 0 Å². The normalized spacial score (nSPS) is 16.0. The van der Waals surface area contributed by atoms with Crippen LogP contribution in [0.5, 0.6) is 0 Å². The summed E-state index contributed by atoms with van der Waals surface area (Å²) < 4.78 is 50.5. The molecule has 3 N–H and O–H groups in total. The fourth-order valence-electron chi connectivity index (χ4n) is 11.8. The van der Waals surface area contributed by atoms with Crippen molar-refractivity contribution < 1.29 is 27.6 Å². The first-order valence-corrected chi connectivity index (χ1v) is 28.6. The van der Waals surface area contributed by atoms with Crippen LogP contribution in [-0.2, 0) is 51.5 Å². The van der Waals surface area contributed by atoms with Crippen molar-refractivity contribution in [3.63, 3.8) is 0 Å². The summed E-state index contributed by atoms with van der Waals surface area (Å²) in [6.45, 7) is 0.642. The van der Waals surface area contributed by atoms with E-state index in [1.807, 2.05) is 48.5 Å². The maximum Gasteiger partial charge on any atom is 0.417 e. The van der Waals surface area contributed by atoms with Gasteiger partial charge in [-0.25, -0.2) is 13.6 Å². The number of aromatic amines is 1. The number of anilines is 1. The van der Waals surface area contributed by atoms with Crippen LogP contribution in [0.1, 0.15) is 82.4 Å². The lowest BCUT2D eigenvalue weighted by atomic mass is 10.0. The number of H-pyrrole nitrogens is 1. The van der Waals surface area contributed by atoms with E-state index in [-0.39, 0.29) is 70.9 Å². The van der Waals surface area contributed by atoms with Gasteiger partial charge in [0.1, 0.15) is 17.0 Å². The van der Waals surface area contributed by atoms with Gasteiger partial charge in [-0.2, -0.15) is 33.6 Å². The largest absolute Gasteiger partial charge is 0.417 e. The molecule has 3 aliphatic rings. The Bertz CT molecular complexity index is 4470. The summed E-state index contributed by atoms with van der Waals surface area (Å²) in [7, 11) is 3.30. The Morgan fingerprint density at radius 1 is 0.759 bits per heavy atom. The summed E-state index contributed by atoms with van der Waals surface area (Å²) in [5, 5.41) is 29.3. The van der Waals surface area contributed by atoms with Gasteiger partial charge in [-0.05, 0) is 114 Å². The van der Waals surface area contributed by atoms with Gasteiger partial charge in [-0.15, -0.1) is 0 Å². The van der Waals surface area contributed by atoms with Crippen LogP contribution < -0.4 is 21.8 Å². The Hall–Kier alpha value is -8.35. The number of carbonyl (C=O) groups excluding carboxylic acids is 3. The van der Waals surface area contributed by atoms with Crippen molar-refractivity contribution in [1.29, 1.82) is 0 Å². The van der Waals surface area contributed by atoms with Gasteiger partial charge in [-0.3, -0.25) is 38.3 Å². The third-order valence-electron chi connectivity index (χ3n) is 16.1. The number of nitrogens with one attached hydrogen (secondary N) is 3. The molecule has 10 aromatic rings. The van der Waals surface area contributed by atoms with Gasteiger partial charge in [-0.1, -0.05) is 57.9 Å². The van der Waals surface area contributed by atoms with Crippen molar-refractivity contribution in [3.8, 4) is 11.5 Å². The number of hydrogen-bond donors (Lipinski definition) is 3. The lowest BCUT2D eigenvalue weighted by Gasteiger charge is -2.30. The summed E-state index contributed by atoms with van der Waals surface area (Å²) in [5.74, 6) is -0.416. The van der Waals surface area contributed by atoms with Crippen molar-refractivity contribution in [3.05, 3.63) is 200 Å². The second-order valence-corrected chi connectivity index (χ2v) is 23.2. The molecule has 19 nitrogen and oxygen atoms in total. The molecule has 3 amide bonds. The third-order valence-corrected chi connectivity index (χ3v) is 18.0. The molecule has 2 aliphatic heterocycles. The average molecular weight is 1270 g/mol. The highest BCUT2D eigenvalue weighted by atomic mass is 79.9. The summed E-state index contributed by atoms with van der Waals surface area (Å²) in [5.41, 5.74) is 5.33. The predicted molar refractivity (Wildman–Crippen MR) is 310 cm³/mol. The van der Waals surface area contributed by atoms with Gasteiger partial charge in [0, 0.05) is 93.9 Å². The van der Waals surface area contributed by atoms with Crippen LogP contribution in [0.25, 0.3) is 33.7 Å². The highest BCUT2D eigenvalue weighted by molar-refractivity contribution is 9.10. The number of carbonyl (C=O) groups is 3.